The molecule has 5 N–H and O–H groups in total. The van der Waals surface area contributed by atoms with Crippen molar-refractivity contribution in [1.29, 1.82) is 0 Å². The zero-order chi connectivity index (χ0) is 69.5. The average molecular weight is 1340 g/mol. The second-order valence-electron chi connectivity index (χ2n) is 23.2. The molecule has 5 heterocycles. The molecule has 0 unspecified atom stereocenters. The van der Waals surface area contributed by atoms with E-state index in [1.807, 2.05) is 44.4 Å². The highest BCUT2D eigenvalue weighted by molar-refractivity contribution is 6.13. The standard InChI is InChI=1S/C69H85N9O19/c1-8-11-46-33-49-39-71-52-37-57(55(89-6)35-50(52)66(85)76(49)40-46)95-23-10-24-96-58-38-53-51(36-56(58)90-7)67(86)77-41-47(12-9-2)34-54(77)68(87)78(53)69(88)97-42-45-13-15-48(16-14-45)73-64(83)44(5)72-65(84)63(43(3)4)74-60(80)20-25-91-27-29-93-31-32-94-30-28-92-26-21-70-59(79)19-22-75-61(81)17-18-62(75)82/h8-9,11-18,35-41,43-44,49,54,63,68,87H,10,19-34,42H2,1-7H3,(H,70,79)(H,72,84)(H,73,83)(H,74,80)/b11-8+,12-9+/t44-,49-,54-,63-,68-/m0/s1. The molecule has 3 aromatic carbocycles. The monoisotopic (exact) mass is 1340 g/mol. The number of hydrogen-bond donors (Lipinski definition) is 5. The maximum absolute atomic E-state index is 14.4. The number of imide groups is 1. The van der Waals surface area contributed by atoms with Crippen molar-refractivity contribution in [1.82, 2.24) is 30.7 Å². The Morgan fingerprint density at radius 1 is 0.660 bits per heavy atom. The zero-order valence-electron chi connectivity index (χ0n) is 55.5. The van der Waals surface area contributed by atoms with E-state index in [0.29, 0.717) is 73.3 Å². The number of ether oxygens (including phenoxy) is 9. The van der Waals surface area contributed by atoms with E-state index in [1.54, 1.807) is 67.6 Å². The molecule has 0 saturated heterocycles. The van der Waals surface area contributed by atoms with Crippen molar-refractivity contribution < 1.29 is 90.9 Å². The number of aliphatic hydroxyl groups excluding tert-OH is 1. The van der Waals surface area contributed by atoms with Crippen LogP contribution in [0.2, 0.25) is 0 Å². The van der Waals surface area contributed by atoms with Crippen molar-refractivity contribution in [3.05, 3.63) is 125 Å². The molecule has 97 heavy (non-hydrogen) atoms. The summed E-state index contributed by atoms with van der Waals surface area (Å²) in [6, 6.07) is 9.55. The number of nitrogens with one attached hydrogen (secondary N) is 4. The van der Waals surface area contributed by atoms with Crippen molar-refractivity contribution >= 4 is 76.6 Å². The number of aliphatic imine (C=N–C) groups is 1. The Kier molecular flexibility index (Phi) is 27.0. The minimum Gasteiger partial charge on any atom is -0.493 e. The number of amides is 9. The van der Waals surface area contributed by atoms with Gasteiger partial charge in [-0.3, -0.25) is 48.2 Å². The minimum atomic E-state index is -1.58. The fraction of sp³-hybridized carbons (Fsp3) is 0.449. The van der Waals surface area contributed by atoms with Gasteiger partial charge in [0.15, 0.2) is 29.2 Å². The largest absolute Gasteiger partial charge is 0.493 e. The molecular weight excluding hydrogens is 1260 g/mol. The molecule has 0 bridgehead atoms. The number of carbonyl (C=O) groups excluding carboxylic acids is 9. The zero-order valence-corrected chi connectivity index (χ0v) is 55.5. The Balaban J connectivity index is 0.757. The van der Waals surface area contributed by atoms with E-state index in [1.165, 1.54) is 50.3 Å². The van der Waals surface area contributed by atoms with Crippen LogP contribution in [0.1, 0.15) is 93.0 Å². The highest BCUT2D eigenvalue weighted by atomic mass is 16.6. The number of methoxy groups -OCH3 is 2. The van der Waals surface area contributed by atoms with Gasteiger partial charge < -0.3 is 78.8 Å². The summed E-state index contributed by atoms with van der Waals surface area (Å²) < 4.78 is 51.5. The van der Waals surface area contributed by atoms with Gasteiger partial charge in [0, 0.05) is 80.9 Å². The summed E-state index contributed by atoms with van der Waals surface area (Å²) in [7, 11) is 2.90. The summed E-state index contributed by atoms with van der Waals surface area (Å²) >= 11 is 0. The Labute approximate surface area is 562 Å². The minimum absolute atomic E-state index is 0.000800. The highest BCUT2D eigenvalue weighted by Gasteiger charge is 2.46. The number of anilines is 2. The lowest BCUT2D eigenvalue weighted by Crippen LogP contribution is -2.53. The molecule has 3 aromatic rings. The molecule has 0 saturated carbocycles. The Hall–Kier alpha value is -9.74. The van der Waals surface area contributed by atoms with Crippen molar-refractivity contribution in [3.63, 3.8) is 0 Å². The van der Waals surface area contributed by atoms with Gasteiger partial charge in [-0.25, -0.2) is 9.69 Å². The molecule has 0 spiro atoms. The maximum Gasteiger partial charge on any atom is 0.416 e. The number of allylic oxidation sites excluding steroid dienone is 4. The smallest absolute Gasteiger partial charge is 0.416 e. The SMILES string of the molecule is C/C=C/C1=CN2C(=O)c3cc(OC)c(OCCCOc4cc5c(cc4OC)C(=O)N4C=C(/C=C/C)C[C@H]4[C@H](O)N5C(=O)OCc4ccc(NC(=O)[C@H](C)NC(=O)[C@@H](NC(=O)CCOCCOCCOCCOCCNC(=O)CCN5C(=O)C=CC5=O)C(C)C)cc4)cc3N=C[C@@H]2C1. The number of hydrogen-bond acceptors (Lipinski definition) is 20. The van der Waals surface area contributed by atoms with Gasteiger partial charge in [-0.1, -0.05) is 50.3 Å². The van der Waals surface area contributed by atoms with Crippen LogP contribution in [0.5, 0.6) is 23.0 Å². The van der Waals surface area contributed by atoms with Crippen molar-refractivity contribution in [2.45, 2.75) is 104 Å². The third-order valence-corrected chi connectivity index (χ3v) is 15.9. The summed E-state index contributed by atoms with van der Waals surface area (Å²) in [6.45, 7) is 11.0. The summed E-state index contributed by atoms with van der Waals surface area (Å²) in [5.41, 5.74) is 3.54. The molecule has 0 fully saturated rings. The summed E-state index contributed by atoms with van der Waals surface area (Å²) in [5.74, 6) is -2.66. The third kappa shape index (κ3) is 19.7. The first-order chi connectivity index (χ1) is 46.8. The van der Waals surface area contributed by atoms with Gasteiger partial charge in [-0.15, -0.1) is 0 Å². The second-order valence-corrected chi connectivity index (χ2v) is 23.2. The number of carbonyl (C=O) groups is 9. The first kappa shape index (κ1) is 73.1. The summed E-state index contributed by atoms with van der Waals surface area (Å²) in [6.07, 6.45) is 13.7. The van der Waals surface area contributed by atoms with Crippen LogP contribution >= 0.6 is 0 Å². The van der Waals surface area contributed by atoms with Gasteiger partial charge in [-0.05, 0) is 80.5 Å². The van der Waals surface area contributed by atoms with E-state index in [9.17, 15) is 48.3 Å². The predicted molar refractivity (Wildman–Crippen MR) is 354 cm³/mol. The topological polar surface area (TPSA) is 330 Å². The van der Waals surface area contributed by atoms with Crippen molar-refractivity contribution in [2.24, 2.45) is 10.9 Å². The van der Waals surface area contributed by atoms with Gasteiger partial charge in [0.25, 0.3) is 23.6 Å². The first-order valence-electron chi connectivity index (χ1n) is 32.1. The molecule has 28 nitrogen and oxygen atoms in total. The number of nitrogens with zero attached hydrogens (tertiary/aromatic N) is 5. The molecule has 0 aliphatic carbocycles. The number of aliphatic hydroxyl groups is 1. The van der Waals surface area contributed by atoms with Crippen molar-refractivity contribution in [3.8, 4) is 23.0 Å². The van der Waals surface area contributed by atoms with Gasteiger partial charge in [-0.2, -0.15) is 0 Å². The Bertz CT molecular complexity index is 3530. The van der Waals surface area contributed by atoms with Crippen LogP contribution in [-0.4, -0.2) is 203 Å². The average Bonchev–Trinajstić information content (AvgIpc) is 1.62. The van der Waals surface area contributed by atoms with Crippen LogP contribution < -0.4 is 45.1 Å². The van der Waals surface area contributed by atoms with Gasteiger partial charge in [0.2, 0.25) is 23.6 Å². The van der Waals surface area contributed by atoms with Crippen LogP contribution in [0.4, 0.5) is 21.9 Å². The van der Waals surface area contributed by atoms with Crippen LogP contribution in [0.25, 0.3) is 0 Å². The second kappa shape index (κ2) is 35.8. The molecule has 520 valence electrons. The quantitative estimate of drug-likeness (QED) is 0.0351. The fourth-order valence-electron chi connectivity index (χ4n) is 10.9. The molecule has 0 aromatic heterocycles. The number of fused-ring (bicyclic) bond motifs is 4. The van der Waals surface area contributed by atoms with Crippen LogP contribution in [-0.2, 0) is 59.1 Å². The van der Waals surface area contributed by atoms with E-state index in [2.05, 4.69) is 26.3 Å². The molecule has 0 radical (unpaired) electrons. The van der Waals surface area contributed by atoms with E-state index in [4.69, 9.17) is 42.6 Å². The number of benzene rings is 3. The lowest BCUT2D eigenvalue weighted by Gasteiger charge is -2.31. The first-order valence-corrected chi connectivity index (χ1v) is 32.1. The number of rotatable bonds is 36. The maximum atomic E-state index is 14.4. The van der Waals surface area contributed by atoms with Crippen LogP contribution in [0, 0.1) is 5.92 Å². The summed E-state index contributed by atoms with van der Waals surface area (Å²) in [5, 5.41) is 22.9. The molecule has 5 atom stereocenters. The Morgan fingerprint density at radius 2 is 1.25 bits per heavy atom. The van der Waals surface area contributed by atoms with Gasteiger partial charge >= 0.3 is 6.09 Å². The summed E-state index contributed by atoms with van der Waals surface area (Å²) in [4.78, 5) is 127. The molecular formula is C69H85N9O19. The van der Waals surface area contributed by atoms with Crippen molar-refractivity contribution in [2.75, 3.05) is 104 Å². The lowest BCUT2D eigenvalue weighted by atomic mass is 10.0. The van der Waals surface area contributed by atoms with E-state index in [-0.39, 0.29) is 125 Å². The van der Waals surface area contributed by atoms with E-state index < -0.39 is 65.9 Å². The van der Waals surface area contributed by atoms with Gasteiger partial charge in [0.05, 0.1) is 115 Å². The van der Waals surface area contributed by atoms with Gasteiger partial charge in [0.1, 0.15) is 18.7 Å². The fourth-order valence-corrected chi connectivity index (χ4v) is 10.9. The molecule has 9 amide bonds. The molecule has 5 aliphatic heterocycles. The Morgan fingerprint density at radius 3 is 1.88 bits per heavy atom. The lowest BCUT2D eigenvalue weighted by molar-refractivity contribution is -0.137. The third-order valence-electron chi connectivity index (χ3n) is 15.9. The van der Waals surface area contributed by atoms with Crippen LogP contribution in [0.15, 0.2) is 114 Å². The predicted octanol–water partition coefficient (Wildman–Crippen LogP) is 5.56. The highest BCUT2D eigenvalue weighted by Crippen LogP contribution is 2.43. The van der Waals surface area contributed by atoms with E-state index >= 15 is 0 Å². The van der Waals surface area contributed by atoms with E-state index in [0.717, 1.165) is 20.9 Å². The normalized spacial score (nSPS) is 17.7. The van der Waals surface area contributed by atoms with Crippen LogP contribution in [0.3, 0.4) is 0 Å². The molecule has 8 rings (SSSR count). The molecule has 5 aliphatic rings. The molecule has 28 heteroatoms.